The number of carbonyl (C=O) groups is 2. The fourth-order valence-corrected chi connectivity index (χ4v) is 4.60. The lowest BCUT2D eigenvalue weighted by Crippen LogP contribution is -2.41. The summed E-state index contributed by atoms with van der Waals surface area (Å²) in [4.78, 5) is 21.7. The molecule has 5 heteroatoms. The van der Waals surface area contributed by atoms with Crippen LogP contribution in [0.15, 0.2) is 36.9 Å². The predicted molar refractivity (Wildman–Crippen MR) is 85.7 cm³/mol. The zero-order valence-electron chi connectivity index (χ0n) is 12.6. The van der Waals surface area contributed by atoms with Gasteiger partial charge in [-0.2, -0.15) is 0 Å². The molecule has 0 saturated heterocycles. The summed E-state index contributed by atoms with van der Waals surface area (Å²) >= 11 is 0. The van der Waals surface area contributed by atoms with Gasteiger partial charge in [-0.15, -0.1) is 0 Å². The fraction of sp³-hybridized carbons (Fsp3) is 0.375. The maximum Gasteiger partial charge on any atom is 0.335 e. The van der Waals surface area contributed by atoms with Crippen LogP contribution in [0.3, 0.4) is 0 Å². The third-order valence-electron chi connectivity index (χ3n) is 3.52. The van der Waals surface area contributed by atoms with Crippen LogP contribution in [0.4, 0.5) is 0 Å². The molecule has 0 radical (unpaired) electrons. The highest BCUT2D eigenvalue weighted by atomic mass is 28.3. The summed E-state index contributed by atoms with van der Waals surface area (Å²) in [5, 5.41) is 10.2. The first-order valence-corrected chi connectivity index (χ1v) is 10.2. The summed E-state index contributed by atoms with van der Waals surface area (Å²) in [5.41, 5.74) is 0.319. The number of carboxylic acid groups (broad SMARTS) is 1. The second-order valence-corrected chi connectivity index (χ2v) is 10.4. The number of hydrogen-bond acceptors (Lipinski definition) is 3. The van der Waals surface area contributed by atoms with Crippen LogP contribution < -0.4 is 5.19 Å². The molecule has 21 heavy (non-hydrogen) atoms. The molecule has 0 fully saturated rings. The standard InChI is InChI=1S/C16H22O4Si/c1-4-15(17)20-11-5-6-12-21(2,3)14-9-7-13(8-10-14)16(18)19/h4,7-10H,1,5-6,11-12H2,2-3H3,(H,18,19). The van der Waals surface area contributed by atoms with E-state index in [4.69, 9.17) is 9.84 Å². The lowest BCUT2D eigenvalue weighted by Gasteiger charge is -2.23. The SMILES string of the molecule is C=CC(=O)OCCCC[Si](C)(C)c1ccc(C(=O)O)cc1. The van der Waals surface area contributed by atoms with E-state index in [-0.39, 0.29) is 5.97 Å². The first-order valence-electron chi connectivity index (χ1n) is 7.00. The van der Waals surface area contributed by atoms with Crippen LogP contribution in [0.1, 0.15) is 23.2 Å². The molecule has 0 heterocycles. The van der Waals surface area contributed by atoms with Crippen molar-refractivity contribution in [2.75, 3.05) is 6.61 Å². The van der Waals surface area contributed by atoms with Gasteiger partial charge in [0.2, 0.25) is 0 Å². The van der Waals surface area contributed by atoms with E-state index in [1.165, 1.54) is 11.3 Å². The molecule has 1 rings (SSSR count). The Morgan fingerprint density at radius 2 is 1.86 bits per heavy atom. The van der Waals surface area contributed by atoms with Crippen LogP contribution in [-0.4, -0.2) is 31.7 Å². The zero-order valence-corrected chi connectivity index (χ0v) is 13.6. The van der Waals surface area contributed by atoms with E-state index in [0.717, 1.165) is 18.9 Å². The summed E-state index contributed by atoms with van der Waals surface area (Å²) in [5.74, 6) is -1.28. The number of ether oxygens (including phenoxy) is 1. The van der Waals surface area contributed by atoms with E-state index in [9.17, 15) is 9.59 Å². The van der Waals surface area contributed by atoms with Crippen molar-refractivity contribution in [1.29, 1.82) is 0 Å². The van der Waals surface area contributed by atoms with Gasteiger partial charge in [0.25, 0.3) is 0 Å². The Bertz CT molecular complexity index is 506. The van der Waals surface area contributed by atoms with Crippen molar-refractivity contribution in [2.45, 2.75) is 32.0 Å². The van der Waals surface area contributed by atoms with Crippen molar-refractivity contribution in [1.82, 2.24) is 0 Å². The van der Waals surface area contributed by atoms with Gasteiger partial charge in [0, 0.05) is 6.08 Å². The Morgan fingerprint density at radius 1 is 1.24 bits per heavy atom. The van der Waals surface area contributed by atoms with Crippen LogP contribution in [0.5, 0.6) is 0 Å². The maximum absolute atomic E-state index is 10.9. The summed E-state index contributed by atoms with van der Waals surface area (Å²) in [6.45, 7) is 8.30. The molecule has 0 unspecified atom stereocenters. The van der Waals surface area contributed by atoms with E-state index in [2.05, 4.69) is 19.7 Å². The number of esters is 1. The fourth-order valence-electron chi connectivity index (χ4n) is 2.11. The Morgan fingerprint density at radius 3 is 2.38 bits per heavy atom. The van der Waals surface area contributed by atoms with Crippen molar-refractivity contribution in [3.63, 3.8) is 0 Å². The largest absolute Gasteiger partial charge is 0.478 e. The maximum atomic E-state index is 10.9. The van der Waals surface area contributed by atoms with Gasteiger partial charge in [-0.3, -0.25) is 0 Å². The average Bonchev–Trinajstić information content (AvgIpc) is 2.46. The van der Waals surface area contributed by atoms with Crippen LogP contribution in [0, 0.1) is 0 Å². The molecule has 0 atom stereocenters. The van der Waals surface area contributed by atoms with Crippen molar-refractivity contribution in [3.05, 3.63) is 42.5 Å². The van der Waals surface area contributed by atoms with Crippen molar-refractivity contribution < 1.29 is 19.4 Å². The van der Waals surface area contributed by atoms with Gasteiger partial charge in [0.1, 0.15) is 0 Å². The van der Waals surface area contributed by atoms with Gasteiger partial charge >= 0.3 is 11.9 Å². The summed E-state index contributed by atoms with van der Waals surface area (Å²) < 4.78 is 4.95. The van der Waals surface area contributed by atoms with Gasteiger partial charge in [-0.25, -0.2) is 9.59 Å². The summed E-state index contributed by atoms with van der Waals surface area (Å²) in [6.07, 6.45) is 3.00. The minimum Gasteiger partial charge on any atom is -0.478 e. The van der Waals surface area contributed by atoms with E-state index in [1.54, 1.807) is 12.1 Å². The molecule has 0 amide bonds. The number of hydrogen-bond donors (Lipinski definition) is 1. The number of carbonyl (C=O) groups excluding carboxylic acids is 1. The first kappa shape index (κ1) is 17.2. The highest BCUT2D eigenvalue weighted by Crippen LogP contribution is 2.14. The smallest absolute Gasteiger partial charge is 0.335 e. The third kappa shape index (κ3) is 5.55. The molecule has 1 N–H and O–H groups in total. The summed E-state index contributed by atoms with van der Waals surface area (Å²) in [6, 6.07) is 8.25. The minimum absolute atomic E-state index is 0.319. The Hall–Kier alpha value is -1.88. The molecule has 0 bridgehead atoms. The molecule has 0 aromatic heterocycles. The average molecular weight is 306 g/mol. The molecule has 0 spiro atoms. The molecule has 114 valence electrons. The van der Waals surface area contributed by atoms with Crippen LogP contribution in [-0.2, 0) is 9.53 Å². The van der Waals surface area contributed by atoms with Gasteiger partial charge in [-0.05, 0) is 18.6 Å². The Kier molecular flexibility index (Phi) is 6.36. The van der Waals surface area contributed by atoms with Crippen LogP contribution >= 0.6 is 0 Å². The molecule has 1 aromatic rings. The van der Waals surface area contributed by atoms with E-state index in [0.29, 0.717) is 12.2 Å². The molecular formula is C16H22O4Si. The Labute approximate surface area is 126 Å². The van der Waals surface area contributed by atoms with Crippen LogP contribution in [0.2, 0.25) is 19.1 Å². The van der Waals surface area contributed by atoms with Gasteiger partial charge in [0.15, 0.2) is 0 Å². The lowest BCUT2D eigenvalue weighted by atomic mass is 10.2. The molecule has 0 aliphatic heterocycles. The number of unbranched alkanes of at least 4 members (excludes halogenated alkanes) is 1. The molecule has 1 aromatic carbocycles. The van der Waals surface area contributed by atoms with Crippen molar-refractivity contribution in [2.24, 2.45) is 0 Å². The number of aromatic carboxylic acids is 1. The minimum atomic E-state index is -1.58. The first-order chi connectivity index (χ1) is 9.86. The summed E-state index contributed by atoms with van der Waals surface area (Å²) in [7, 11) is -1.58. The molecular weight excluding hydrogens is 284 g/mol. The van der Waals surface area contributed by atoms with Gasteiger partial charge in [-0.1, -0.05) is 49.5 Å². The quantitative estimate of drug-likeness (QED) is 0.347. The second-order valence-electron chi connectivity index (χ2n) is 5.60. The third-order valence-corrected chi connectivity index (χ3v) is 7.02. The van der Waals surface area contributed by atoms with Crippen LogP contribution in [0.25, 0.3) is 0 Å². The van der Waals surface area contributed by atoms with E-state index < -0.39 is 14.0 Å². The molecule has 0 aliphatic rings. The number of benzene rings is 1. The molecule has 0 aliphatic carbocycles. The topological polar surface area (TPSA) is 63.6 Å². The Balaban J connectivity index is 2.47. The number of rotatable bonds is 8. The zero-order chi connectivity index (χ0) is 15.9. The molecule has 0 saturated carbocycles. The highest BCUT2D eigenvalue weighted by molar-refractivity contribution is 6.89. The highest BCUT2D eigenvalue weighted by Gasteiger charge is 2.22. The number of carboxylic acids is 1. The second kappa shape index (κ2) is 7.78. The molecule has 4 nitrogen and oxygen atoms in total. The van der Waals surface area contributed by atoms with E-state index in [1.807, 2.05) is 12.1 Å². The van der Waals surface area contributed by atoms with Gasteiger partial charge in [0.05, 0.1) is 20.2 Å². The van der Waals surface area contributed by atoms with Crippen molar-refractivity contribution >= 4 is 25.2 Å². The van der Waals surface area contributed by atoms with Crippen molar-refractivity contribution in [3.8, 4) is 0 Å². The predicted octanol–water partition coefficient (Wildman–Crippen LogP) is 2.81. The van der Waals surface area contributed by atoms with E-state index >= 15 is 0 Å². The normalized spacial score (nSPS) is 11.0. The van der Waals surface area contributed by atoms with Gasteiger partial charge < -0.3 is 9.84 Å². The lowest BCUT2D eigenvalue weighted by molar-refractivity contribution is -0.137. The monoisotopic (exact) mass is 306 g/mol.